The first-order valence-corrected chi connectivity index (χ1v) is 6.52. The Morgan fingerprint density at radius 1 is 1.22 bits per heavy atom. The number of benzene rings is 1. The van der Waals surface area contributed by atoms with Crippen LogP contribution >= 0.6 is 15.9 Å². The first-order valence-electron chi connectivity index (χ1n) is 5.73. The van der Waals surface area contributed by atoms with Crippen LogP contribution in [-0.2, 0) is 5.60 Å². The minimum atomic E-state index is -1.32. The molecule has 3 N–H and O–H groups in total. The van der Waals surface area contributed by atoms with E-state index in [4.69, 9.17) is 0 Å². The summed E-state index contributed by atoms with van der Waals surface area (Å²) in [5, 5.41) is 22.7. The smallest absolute Gasteiger partial charge is 0.130 e. The number of hydrogen-bond acceptors (Lipinski definition) is 3. The van der Waals surface area contributed by atoms with Crippen molar-refractivity contribution in [2.75, 3.05) is 13.1 Å². The van der Waals surface area contributed by atoms with E-state index in [9.17, 15) is 14.6 Å². The number of rotatable bonds is 5. The van der Waals surface area contributed by atoms with Gasteiger partial charge in [-0.15, -0.1) is 0 Å². The molecular weight excluding hydrogens is 301 g/mol. The number of hydrogen-bond donors (Lipinski definition) is 3. The van der Waals surface area contributed by atoms with Crippen molar-refractivity contribution in [3.63, 3.8) is 0 Å². The van der Waals surface area contributed by atoms with Crippen molar-refractivity contribution < 1.29 is 14.6 Å². The SMILES string of the molecule is CC(C)(O)CNCC(C)(O)c1ccc(Br)cc1F. The lowest BCUT2D eigenvalue weighted by Crippen LogP contribution is -2.42. The third-order valence-electron chi connectivity index (χ3n) is 2.54. The lowest BCUT2D eigenvalue weighted by Gasteiger charge is -2.27. The van der Waals surface area contributed by atoms with Gasteiger partial charge >= 0.3 is 0 Å². The summed E-state index contributed by atoms with van der Waals surface area (Å²) < 4.78 is 14.4. The van der Waals surface area contributed by atoms with E-state index in [0.717, 1.165) is 0 Å². The lowest BCUT2D eigenvalue weighted by atomic mass is 9.95. The Labute approximate surface area is 115 Å². The molecule has 102 valence electrons. The zero-order chi connectivity index (χ0) is 14.0. The average molecular weight is 320 g/mol. The van der Waals surface area contributed by atoms with Crippen molar-refractivity contribution >= 4 is 15.9 Å². The zero-order valence-corrected chi connectivity index (χ0v) is 12.4. The van der Waals surface area contributed by atoms with Gasteiger partial charge in [0.1, 0.15) is 11.4 Å². The molecule has 0 bridgehead atoms. The average Bonchev–Trinajstić information content (AvgIpc) is 2.13. The summed E-state index contributed by atoms with van der Waals surface area (Å²) in [6.07, 6.45) is 0. The van der Waals surface area contributed by atoms with Crippen LogP contribution in [0.15, 0.2) is 22.7 Å². The van der Waals surface area contributed by atoms with Crippen LogP contribution < -0.4 is 5.32 Å². The summed E-state index contributed by atoms with van der Waals surface area (Å²) in [5.74, 6) is -0.459. The van der Waals surface area contributed by atoms with E-state index in [0.29, 0.717) is 11.0 Å². The number of aliphatic hydroxyl groups is 2. The van der Waals surface area contributed by atoms with Crippen molar-refractivity contribution in [2.45, 2.75) is 32.0 Å². The van der Waals surface area contributed by atoms with Crippen molar-refractivity contribution in [2.24, 2.45) is 0 Å². The molecule has 0 aliphatic carbocycles. The Bertz CT molecular complexity index is 416. The summed E-state index contributed by atoms with van der Waals surface area (Å²) in [6, 6.07) is 4.55. The fraction of sp³-hybridized carbons (Fsp3) is 0.538. The minimum Gasteiger partial charge on any atom is -0.389 e. The van der Waals surface area contributed by atoms with E-state index in [1.807, 2.05) is 0 Å². The maximum absolute atomic E-state index is 13.7. The first-order chi connectivity index (χ1) is 8.12. The van der Waals surface area contributed by atoms with E-state index in [1.165, 1.54) is 13.0 Å². The quantitative estimate of drug-likeness (QED) is 0.779. The molecule has 5 heteroatoms. The third-order valence-corrected chi connectivity index (χ3v) is 3.03. The summed E-state index contributed by atoms with van der Waals surface area (Å²) in [6.45, 7) is 5.34. The van der Waals surface area contributed by atoms with Gasteiger partial charge in [0.05, 0.1) is 5.60 Å². The Kier molecular flexibility index (Phi) is 4.89. The predicted octanol–water partition coefficient (Wildman–Crippen LogP) is 2.16. The molecule has 1 aromatic rings. The largest absolute Gasteiger partial charge is 0.389 e. The molecule has 0 aromatic heterocycles. The molecule has 18 heavy (non-hydrogen) atoms. The summed E-state index contributed by atoms with van der Waals surface area (Å²) in [5.41, 5.74) is -1.96. The van der Waals surface area contributed by atoms with Gasteiger partial charge in [0.25, 0.3) is 0 Å². The van der Waals surface area contributed by atoms with Crippen LogP contribution in [0, 0.1) is 5.82 Å². The summed E-state index contributed by atoms with van der Waals surface area (Å²) in [7, 11) is 0. The van der Waals surface area contributed by atoms with Crippen LogP contribution in [0.3, 0.4) is 0 Å². The van der Waals surface area contributed by atoms with E-state index in [1.54, 1.807) is 26.0 Å². The van der Waals surface area contributed by atoms with Crippen LogP contribution in [-0.4, -0.2) is 28.9 Å². The molecule has 0 saturated carbocycles. The van der Waals surface area contributed by atoms with E-state index in [-0.39, 0.29) is 12.1 Å². The van der Waals surface area contributed by atoms with Crippen molar-refractivity contribution in [1.29, 1.82) is 0 Å². The normalized spacial score (nSPS) is 15.5. The first kappa shape index (κ1) is 15.6. The second kappa shape index (κ2) is 5.65. The zero-order valence-electron chi connectivity index (χ0n) is 10.8. The fourth-order valence-corrected chi connectivity index (χ4v) is 1.97. The Morgan fingerprint density at radius 2 is 1.83 bits per heavy atom. The lowest BCUT2D eigenvalue weighted by molar-refractivity contribution is 0.0371. The van der Waals surface area contributed by atoms with Crippen LogP contribution in [0.4, 0.5) is 4.39 Å². The van der Waals surface area contributed by atoms with E-state index >= 15 is 0 Å². The maximum atomic E-state index is 13.7. The number of halogens is 2. The Hall–Kier alpha value is -0.490. The molecule has 0 saturated heterocycles. The van der Waals surface area contributed by atoms with Gasteiger partial charge in [-0.2, -0.15) is 0 Å². The minimum absolute atomic E-state index is 0.162. The van der Waals surface area contributed by atoms with Gasteiger partial charge in [-0.3, -0.25) is 0 Å². The van der Waals surface area contributed by atoms with Gasteiger partial charge in [0.2, 0.25) is 0 Å². The van der Waals surface area contributed by atoms with Gasteiger partial charge in [0.15, 0.2) is 0 Å². The highest BCUT2D eigenvalue weighted by molar-refractivity contribution is 9.10. The van der Waals surface area contributed by atoms with Gasteiger partial charge < -0.3 is 15.5 Å². The standard InChI is InChI=1S/C13H19BrFNO2/c1-12(2,17)7-16-8-13(3,18)10-5-4-9(14)6-11(10)15/h4-6,16-18H,7-8H2,1-3H3. The highest BCUT2D eigenvalue weighted by atomic mass is 79.9. The van der Waals surface area contributed by atoms with Crippen LogP contribution in [0.25, 0.3) is 0 Å². The molecule has 0 aliphatic rings. The summed E-state index contributed by atoms with van der Waals surface area (Å²) >= 11 is 3.17. The Balaban J connectivity index is 2.73. The van der Waals surface area contributed by atoms with Crippen molar-refractivity contribution in [1.82, 2.24) is 5.32 Å². The molecule has 0 heterocycles. The van der Waals surface area contributed by atoms with E-state index in [2.05, 4.69) is 21.2 Å². The van der Waals surface area contributed by atoms with Gasteiger partial charge in [0, 0.05) is 23.1 Å². The second-order valence-corrected chi connectivity index (χ2v) is 6.23. The van der Waals surface area contributed by atoms with Gasteiger partial charge in [-0.25, -0.2) is 4.39 Å². The fourth-order valence-electron chi connectivity index (χ4n) is 1.63. The van der Waals surface area contributed by atoms with Crippen molar-refractivity contribution in [3.05, 3.63) is 34.1 Å². The monoisotopic (exact) mass is 319 g/mol. The molecule has 1 atom stereocenters. The van der Waals surface area contributed by atoms with E-state index < -0.39 is 17.0 Å². The molecule has 0 aliphatic heterocycles. The molecule has 3 nitrogen and oxygen atoms in total. The molecule has 1 rings (SSSR count). The molecule has 0 fully saturated rings. The second-order valence-electron chi connectivity index (χ2n) is 5.31. The predicted molar refractivity (Wildman–Crippen MR) is 72.8 cm³/mol. The molecule has 1 aromatic carbocycles. The maximum Gasteiger partial charge on any atom is 0.130 e. The molecule has 0 radical (unpaired) electrons. The number of nitrogens with one attached hydrogen (secondary N) is 1. The Morgan fingerprint density at radius 3 is 2.33 bits per heavy atom. The molecule has 0 amide bonds. The molecule has 1 unspecified atom stereocenters. The van der Waals surface area contributed by atoms with Crippen LogP contribution in [0.1, 0.15) is 26.3 Å². The molecular formula is C13H19BrFNO2. The highest BCUT2D eigenvalue weighted by Gasteiger charge is 2.27. The van der Waals surface area contributed by atoms with Gasteiger partial charge in [-0.05, 0) is 32.9 Å². The topological polar surface area (TPSA) is 52.5 Å². The highest BCUT2D eigenvalue weighted by Crippen LogP contribution is 2.25. The third kappa shape index (κ3) is 4.65. The molecule has 0 spiro atoms. The summed E-state index contributed by atoms with van der Waals surface area (Å²) in [4.78, 5) is 0. The van der Waals surface area contributed by atoms with Crippen LogP contribution in [0.2, 0.25) is 0 Å². The van der Waals surface area contributed by atoms with Crippen molar-refractivity contribution in [3.8, 4) is 0 Å². The van der Waals surface area contributed by atoms with Crippen LogP contribution in [0.5, 0.6) is 0 Å². The van der Waals surface area contributed by atoms with Gasteiger partial charge in [-0.1, -0.05) is 22.0 Å².